The van der Waals surface area contributed by atoms with Gasteiger partial charge >= 0.3 is 0 Å². The lowest BCUT2D eigenvalue weighted by molar-refractivity contribution is 0.948. The predicted octanol–water partition coefficient (Wildman–Crippen LogP) is 0.897. The van der Waals surface area contributed by atoms with Crippen LogP contribution in [0.3, 0.4) is 0 Å². The molecule has 19 heavy (non-hydrogen) atoms. The van der Waals surface area contributed by atoms with Crippen LogP contribution in [-0.2, 0) is 6.42 Å². The van der Waals surface area contributed by atoms with Gasteiger partial charge in [-0.3, -0.25) is 4.98 Å². The Morgan fingerprint density at radius 1 is 1.00 bits per heavy atom. The molecule has 0 spiro atoms. The Kier molecular flexibility index (Phi) is 5.06. The van der Waals surface area contributed by atoms with Crippen molar-refractivity contribution < 1.29 is 0 Å². The van der Waals surface area contributed by atoms with Gasteiger partial charge in [-0.2, -0.15) is 0 Å². The molecule has 2 aromatic heterocycles. The van der Waals surface area contributed by atoms with Crippen molar-refractivity contribution in [3.05, 3.63) is 42.5 Å². The summed E-state index contributed by atoms with van der Waals surface area (Å²) in [5.74, 6) is 1.58. The number of nitrogens with zero attached hydrogens (tertiary/aromatic N) is 3. The Bertz CT molecular complexity index is 488. The van der Waals surface area contributed by atoms with Gasteiger partial charge in [-0.05, 0) is 12.1 Å². The molecule has 0 saturated carbocycles. The molecule has 0 aromatic carbocycles. The summed E-state index contributed by atoms with van der Waals surface area (Å²) < 4.78 is 0. The van der Waals surface area contributed by atoms with Crippen molar-refractivity contribution in [1.29, 1.82) is 0 Å². The molecule has 6 nitrogen and oxygen atoms in total. The summed E-state index contributed by atoms with van der Waals surface area (Å²) in [5.41, 5.74) is 6.49. The van der Waals surface area contributed by atoms with Crippen molar-refractivity contribution in [2.45, 2.75) is 6.42 Å². The van der Waals surface area contributed by atoms with E-state index in [4.69, 9.17) is 5.73 Å². The quantitative estimate of drug-likeness (QED) is 0.683. The minimum absolute atomic E-state index is 0.576. The largest absolute Gasteiger partial charge is 0.370 e. The van der Waals surface area contributed by atoms with Gasteiger partial charge in [-0.15, -0.1) is 0 Å². The van der Waals surface area contributed by atoms with Crippen LogP contribution in [0.4, 0.5) is 11.6 Å². The van der Waals surface area contributed by atoms with Crippen LogP contribution in [-0.4, -0.2) is 34.6 Å². The van der Waals surface area contributed by atoms with E-state index in [1.54, 1.807) is 6.20 Å². The molecule has 4 N–H and O–H groups in total. The van der Waals surface area contributed by atoms with Crippen LogP contribution in [0.1, 0.15) is 5.69 Å². The van der Waals surface area contributed by atoms with E-state index in [0.29, 0.717) is 13.1 Å². The van der Waals surface area contributed by atoms with Crippen molar-refractivity contribution in [2.75, 3.05) is 30.3 Å². The monoisotopic (exact) mass is 258 g/mol. The molecule has 0 atom stereocenters. The summed E-state index contributed by atoms with van der Waals surface area (Å²) in [5, 5.41) is 6.36. The Morgan fingerprint density at radius 3 is 2.47 bits per heavy atom. The second kappa shape index (κ2) is 7.27. The van der Waals surface area contributed by atoms with Crippen molar-refractivity contribution in [1.82, 2.24) is 15.0 Å². The first-order valence-corrected chi connectivity index (χ1v) is 6.28. The van der Waals surface area contributed by atoms with Crippen LogP contribution in [0.15, 0.2) is 36.8 Å². The van der Waals surface area contributed by atoms with Crippen LogP contribution in [0.25, 0.3) is 0 Å². The Hall–Kier alpha value is -2.21. The van der Waals surface area contributed by atoms with E-state index in [1.165, 1.54) is 6.33 Å². The Labute approximate surface area is 112 Å². The zero-order chi connectivity index (χ0) is 13.3. The third-order valence-corrected chi connectivity index (χ3v) is 2.53. The van der Waals surface area contributed by atoms with Gasteiger partial charge in [0.15, 0.2) is 0 Å². The Morgan fingerprint density at radius 2 is 1.79 bits per heavy atom. The highest BCUT2D eigenvalue weighted by molar-refractivity contribution is 5.46. The first-order valence-electron chi connectivity index (χ1n) is 6.28. The first kappa shape index (κ1) is 13.2. The molecule has 0 aliphatic carbocycles. The number of rotatable bonds is 7. The molecule has 0 bridgehead atoms. The fourth-order valence-corrected chi connectivity index (χ4v) is 1.62. The predicted molar refractivity (Wildman–Crippen MR) is 76.0 cm³/mol. The number of aromatic nitrogens is 3. The molecule has 0 aliphatic rings. The number of hydrogen-bond acceptors (Lipinski definition) is 6. The van der Waals surface area contributed by atoms with Gasteiger partial charge in [0.2, 0.25) is 0 Å². The highest BCUT2D eigenvalue weighted by Crippen LogP contribution is 2.08. The average molecular weight is 258 g/mol. The fourth-order valence-electron chi connectivity index (χ4n) is 1.62. The average Bonchev–Trinajstić information content (AvgIpc) is 2.47. The van der Waals surface area contributed by atoms with Gasteiger partial charge in [0.1, 0.15) is 18.0 Å². The Balaban J connectivity index is 1.82. The molecule has 2 heterocycles. The number of hydrogen-bond donors (Lipinski definition) is 3. The van der Waals surface area contributed by atoms with Crippen molar-refractivity contribution in [3.63, 3.8) is 0 Å². The molecule has 2 rings (SSSR count). The smallest absolute Gasteiger partial charge is 0.131 e. The summed E-state index contributed by atoms with van der Waals surface area (Å²) in [6.45, 7) is 2.06. The third-order valence-electron chi connectivity index (χ3n) is 2.53. The van der Waals surface area contributed by atoms with E-state index in [2.05, 4.69) is 25.6 Å². The lowest BCUT2D eigenvalue weighted by Gasteiger charge is -2.07. The molecule has 0 amide bonds. The normalized spacial score (nSPS) is 10.2. The highest BCUT2D eigenvalue weighted by atomic mass is 15.1. The number of pyridine rings is 1. The number of nitrogens with one attached hydrogen (secondary N) is 2. The summed E-state index contributed by atoms with van der Waals surface area (Å²) in [4.78, 5) is 12.5. The standard InChI is InChI=1S/C13H18N6/c14-5-8-17-13-9-12(18-10-19-13)16-7-4-11-3-1-2-6-15-11/h1-3,6,9-10H,4-5,7-8,14H2,(H2,16,17,18,19). The summed E-state index contributed by atoms with van der Waals surface area (Å²) in [6.07, 6.45) is 4.19. The molecule has 2 aromatic rings. The van der Waals surface area contributed by atoms with E-state index < -0.39 is 0 Å². The summed E-state index contributed by atoms with van der Waals surface area (Å²) >= 11 is 0. The van der Waals surface area contributed by atoms with Crippen LogP contribution in [0.2, 0.25) is 0 Å². The minimum Gasteiger partial charge on any atom is -0.370 e. The van der Waals surface area contributed by atoms with Crippen LogP contribution < -0.4 is 16.4 Å². The van der Waals surface area contributed by atoms with Crippen molar-refractivity contribution in [2.24, 2.45) is 5.73 Å². The van der Waals surface area contributed by atoms with E-state index >= 15 is 0 Å². The highest BCUT2D eigenvalue weighted by Gasteiger charge is 1.98. The van der Waals surface area contributed by atoms with Gasteiger partial charge in [0, 0.05) is 44.0 Å². The SMILES string of the molecule is NCCNc1cc(NCCc2ccccn2)ncn1. The third kappa shape index (κ3) is 4.51. The molecular formula is C13H18N6. The van der Waals surface area contributed by atoms with Gasteiger partial charge in [-0.1, -0.05) is 6.07 Å². The minimum atomic E-state index is 0.576. The lowest BCUT2D eigenvalue weighted by Crippen LogP contribution is -2.14. The van der Waals surface area contributed by atoms with E-state index in [1.807, 2.05) is 24.3 Å². The van der Waals surface area contributed by atoms with E-state index in [-0.39, 0.29) is 0 Å². The van der Waals surface area contributed by atoms with Crippen LogP contribution >= 0.6 is 0 Å². The van der Waals surface area contributed by atoms with Crippen LogP contribution in [0, 0.1) is 0 Å². The molecule has 0 saturated heterocycles. The zero-order valence-electron chi connectivity index (χ0n) is 10.7. The number of anilines is 2. The number of nitrogens with two attached hydrogens (primary N) is 1. The van der Waals surface area contributed by atoms with Gasteiger partial charge in [-0.25, -0.2) is 9.97 Å². The maximum absolute atomic E-state index is 5.43. The summed E-state index contributed by atoms with van der Waals surface area (Å²) in [6, 6.07) is 7.78. The molecule has 0 unspecified atom stereocenters. The van der Waals surface area contributed by atoms with Gasteiger partial charge in [0.25, 0.3) is 0 Å². The molecular weight excluding hydrogens is 240 g/mol. The van der Waals surface area contributed by atoms with E-state index in [9.17, 15) is 0 Å². The zero-order valence-corrected chi connectivity index (χ0v) is 10.7. The molecule has 0 aliphatic heterocycles. The maximum atomic E-state index is 5.43. The molecule has 6 heteroatoms. The second-order valence-electron chi connectivity index (χ2n) is 4.00. The molecule has 0 fully saturated rings. The first-order chi connectivity index (χ1) is 9.38. The van der Waals surface area contributed by atoms with Gasteiger partial charge in [0.05, 0.1) is 0 Å². The second-order valence-corrected chi connectivity index (χ2v) is 4.00. The lowest BCUT2D eigenvalue weighted by atomic mass is 10.3. The maximum Gasteiger partial charge on any atom is 0.131 e. The van der Waals surface area contributed by atoms with E-state index in [0.717, 1.165) is 30.3 Å². The van der Waals surface area contributed by atoms with Crippen molar-refractivity contribution in [3.8, 4) is 0 Å². The molecule has 0 radical (unpaired) electrons. The van der Waals surface area contributed by atoms with Gasteiger partial charge < -0.3 is 16.4 Å². The van der Waals surface area contributed by atoms with Crippen molar-refractivity contribution >= 4 is 11.6 Å². The fraction of sp³-hybridized carbons (Fsp3) is 0.308. The molecule has 100 valence electrons. The van der Waals surface area contributed by atoms with Crippen LogP contribution in [0.5, 0.6) is 0 Å². The topological polar surface area (TPSA) is 88.8 Å². The summed E-state index contributed by atoms with van der Waals surface area (Å²) in [7, 11) is 0.